The Bertz CT molecular complexity index is 1700. The van der Waals surface area contributed by atoms with E-state index in [4.69, 9.17) is 9.16 Å². The minimum Gasteiger partial charge on any atom is -0.444 e. The fourth-order valence-electron chi connectivity index (χ4n) is 5.39. The zero-order valence-electron chi connectivity index (χ0n) is 29.6. The number of benzene rings is 1. The van der Waals surface area contributed by atoms with Gasteiger partial charge in [-0.1, -0.05) is 40.3 Å². The monoisotopic (exact) mass is 697 g/mol. The maximum Gasteiger partial charge on any atom is 0.408 e. The number of hydrogen-bond donors (Lipinski definition) is 2. The van der Waals surface area contributed by atoms with Crippen molar-refractivity contribution in [2.75, 3.05) is 23.3 Å². The van der Waals surface area contributed by atoms with Crippen molar-refractivity contribution in [3.05, 3.63) is 78.0 Å². The number of aromatic nitrogens is 2. The van der Waals surface area contributed by atoms with Crippen LogP contribution in [0.4, 0.5) is 29.3 Å². The molecule has 3 heterocycles. The Morgan fingerprint density at radius 3 is 2.27 bits per heavy atom. The van der Waals surface area contributed by atoms with Gasteiger partial charge < -0.3 is 24.7 Å². The second kappa shape index (κ2) is 14.3. The quantitative estimate of drug-likeness (QED) is 0.229. The lowest BCUT2D eigenvalue weighted by molar-refractivity contribution is 0.0336. The number of halogens is 3. The van der Waals surface area contributed by atoms with E-state index in [1.165, 1.54) is 12.3 Å². The molecule has 13 heteroatoms. The number of amides is 2. The third kappa shape index (κ3) is 8.87. The van der Waals surface area contributed by atoms with Crippen molar-refractivity contribution in [3.8, 4) is 11.3 Å². The molecule has 3 aromatic rings. The molecule has 0 radical (unpaired) electrons. The first kappa shape index (κ1) is 37.6. The van der Waals surface area contributed by atoms with Gasteiger partial charge in [0.1, 0.15) is 34.4 Å². The lowest BCUT2D eigenvalue weighted by atomic mass is 9.92. The SMILES string of the molecule is C=Cc1cc(F)c(-c2nc(C(=O)Nc3cnccc3N3C[C@H](C)[C@@H](O[Si](C)(C)C(C)(C)C)[C@H](NC(=O)OC(C)(C)C)C3)ccc2F)c(F)c1. The summed E-state index contributed by atoms with van der Waals surface area (Å²) in [5, 5.41) is 5.75. The van der Waals surface area contributed by atoms with E-state index in [-0.39, 0.29) is 28.3 Å². The van der Waals surface area contributed by atoms with Crippen LogP contribution < -0.4 is 15.5 Å². The largest absolute Gasteiger partial charge is 0.444 e. The maximum absolute atomic E-state index is 14.9. The van der Waals surface area contributed by atoms with Crippen LogP contribution in [-0.2, 0) is 9.16 Å². The molecule has 0 unspecified atom stereocenters. The van der Waals surface area contributed by atoms with Crippen LogP contribution in [0.15, 0.2) is 49.3 Å². The van der Waals surface area contributed by atoms with Crippen LogP contribution in [0.3, 0.4) is 0 Å². The lowest BCUT2D eigenvalue weighted by Gasteiger charge is -2.48. The number of carbonyl (C=O) groups is 2. The van der Waals surface area contributed by atoms with Crippen molar-refractivity contribution in [2.24, 2.45) is 5.92 Å². The van der Waals surface area contributed by atoms with Crippen molar-refractivity contribution in [1.29, 1.82) is 0 Å². The van der Waals surface area contributed by atoms with Gasteiger partial charge in [-0.3, -0.25) is 9.78 Å². The average Bonchev–Trinajstić information content (AvgIpc) is 2.97. The van der Waals surface area contributed by atoms with Crippen molar-refractivity contribution in [3.63, 3.8) is 0 Å². The summed E-state index contributed by atoms with van der Waals surface area (Å²) in [5.74, 6) is -3.89. The molecule has 1 aliphatic heterocycles. The van der Waals surface area contributed by atoms with Gasteiger partial charge in [-0.2, -0.15) is 0 Å². The zero-order chi connectivity index (χ0) is 36.5. The van der Waals surface area contributed by atoms with E-state index in [0.717, 1.165) is 24.3 Å². The molecular formula is C36H46F3N5O4Si. The number of alkyl carbamates (subject to hydrolysis) is 1. The number of carbonyl (C=O) groups excluding carboxylic acids is 2. The molecule has 0 spiro atoms. The summed E-state index contributed by atoms with van der Waals surface area (Å²) in [5.41, 5.74) is -1.21. The maximum atomic E-state index is 14.9. The predicted molar refractivity (Wildman–Crippen MR) is 188 cm³/mol. The minimum absolute atomic E-state index is 0.0573. The van der Waals surface area contributed by atoms with Crippen molar-refractivity contribution >= 4 is 37.8 Å². The van der Waals surface area contributed by atoms with Crippen molar-refractivity contribution < 1.29 is 31.9 Å². The summed E-state index contributed by atoms with van der Waals surface area (Å²) >= 11 is 0. The number of pyridine rings is 2. The first-order valence-electron chi connectivity index (χ1n) is 16.2. The second-order valence-electron chi connectivity index (χ2n) is 14.9. The Balaban J connectivity index is 1.64. The first-order valence-corrected chi connectivity index (χ1v) is 19.1. The molecule has 1 aliphatic rings. The Labute approximate surface area is 287 Å². The molecule has 1 saturated heterocycles. The van der Waals surface area contributed by atoms with E-state index in [9.17, 15) is 22.8 Å². The second-order valence-corrected chi connectivity index (χ2v) is 19.7. The lowest BCUT2D eigenvalue weighted by Crippen LogP contribution is -2.63. The summed E-state index contributed by atoms with van der Waals surface area (Å²) in [6, 6.07) is 5.34. The van der Waals surface area contributed by atoms with E-state index in [2.05, 4.69) is 68.0 Å². The van der Waals surface area contributed by atoms with Gasteiger partial charge in [0.25, 0.3) is 5.91 Å². The standard InChI is InChI=1S/C36H46F3N5O4Si/c1-11-22-16-24(38)30(25(39)17-22)31-23(37)12-13-26(41-31)33(45)42-27-18-40-15-14-29(27)44-19-21(2)32(48-49(9,10)36(6,7)8)28(20-44)43-34(46)47-35(3,4)5/h11-18,21,28,32H,1,19-20H2,2-10H3,(H,42,45)(H,43,46)/t21-,28+,32+/m0/s1. The van der Waals surface area contributed by atoms with Gasteiger partial charge >= 0.3 is 6.09 Å². The Hall–Kier alpha value is -4.23. The number of hydrogen-bond acceptors (Lipinski definition) is 7. The molecule has 4 rings (SSSR count). The minimum atomic E-state index is -2.25. The number of piperidine rings is 1. The smallest absolute Gasteiger partial charge is 0.408 e. The van der Waals surface area contributed by atoms with Crippen LogP contribution in [0.25, 0.3) is 17.3 Å². The van der Waals surface area contributed by atoms with Gasteiger partial charge in [-0.05, 0) is 74.8 Å². The Morgan fingerprint density at radius 2 is 1.67 bits per heavy atom. The molecule has 49 heavy (non-hydrogen) atoms. The Kier molecular flexibility index (Phi) is 11.0. The zero-order valence-corrected chi connectivity index (χ0v) is 30.6. The molecule has 2 amide bonds. The van der Waals surface area contributed by atoms with E-state index < -0.39 is 60.7 Å². The van der Waals surface area contributed by atoms with Gasteiger partial charge in [-0.15, -0.1) is 0 Å². The van der Waals surface area contributed by atoms with Crippen molar-refractivity contribution in [1.82, 2.24) is 15.3 Å². The first-order chi connectivity index (χ1) is 22.7. The number of anilines is 2. The van der Waals surface area contributed by atoms with Gasteiger partial charge in [-0.25, -0.2) is 22.9 Å². The third-order valence-electron chi connectivity index (χ3n) is 8.82. The molecule has 1 aromatic carbocycles. The number of rotatable bonds is 8. The van der Waals surface area contributed by atoms with E-state index in [1.54, 1.807) is 33.0 Å². The highest BCUT2D eigenvalue weighted by Crippen LogP contribution is 2.40. The van der Waals surface area contributed by atoms with Crippen LogP contribution in [0, 0.1) is 23.4 Å². The number of ether oxygens (including phenoxy) is 1. The highest BCUT2D eigenvalue weighted by molar-refractivity contribution is 6.74. The number of nitrogens with one attached hydrogen (secondary N) is 2. The van der Waals surface area contributed by atoms with Crippen LogP contribution in [0.1, 0.15) is 64.5 Å². The summed E-state index contributed by atoms with van der Waals surface area (Å²) in [7, 11) is -2.25. The normalized spacial score (nSPS) is 18.5. The van der Waals surface area contributed by atoms with E-state index in [0.29, 0.717) is 24.5 Å². The van der Waals surface area contributed by atoms with Crippen LogP contribution in [0.2, 0.25) is 18.1 Å². The summed E-state index contributed by atoms with van der Waals surface area (Å²) < 4.78 is 57.0. The highest BCUT2D eigenvalue weighted by Gasteiger charge is 2.45. The van der Waals surface area contributed by atoms with Gasteiger partial charge in [0, 0.05) is 25.2 Å². The van der Waals surface area contributed by atoms with Crippen molar-refractivity contribution in [2.45, 2.75) is 84.3 Å². The van der Waals surface area contributed by atoms with Crippen LogP contribution in [0.5, 0.6) is 0 Å². The molecule has 9 nitrogen and oxygen atoms in total. The molecule has 0 aliphatic carbocycles. The van der Waals surface area contributed by atoms with E-state index in [1.807, 2.05) is 4.90 Å². The molecule has 0 bridgehead atoms. The average molecular weight is 698 g/mol. The van der Waals surface area contributed by atoms with E-state index >= 15 is 0 Å². The van der Waals surface area contributed by atoms with Crippen LogP contribution >= 0.6 is 0 Å². The molecule has 264 valence electrons. The topological polar surface area (TPSA) is 106 Å². The molecule has 2 aromatic heterocycles. The van der Waals surface area contributed by atoms with Gasteiger partial charge in [0.15, 0.2) is 8.32 Å². The highest BCUT2D eigenvalue weighted by atomic mass is 28.4. The van der Waals surface area contributed by atoms with Crippen LogP contribution in [-0.4, -0.2) is 61.1 Å². The summed E-state index contributed by atoms with van der Waals surface area (Å²) in [4.78, 5) is 36.7. The molecule has 1 fully saturated rings. The molecule has 0 saturated carbocycles. The Morgan fingerprint density at radius 1 is 1.02 bits per heavy atom. The summed E-state index contributed by atoms with van der Waals surface area (Å²) in [6.07, 6.45) is 3.42. The number of nitrogens with zero attached hydrogens (tertiary/aromatic N) is 3. The molecule has 3 atom stereocenters. The molecular weight excluding hydrogens is 652 g/mol. The van der Waals surface area contributed by atoms with Gasteiger partial charge in [0.2, 0.25) is 0 Å². The van der Waals surface area contributed by atoms with Gasteiger partial charge in [0.05, 0.1) is 35.3 Å². The fraction of sp³-hybridized carbons (Fsp3) is 0.444. The third-order valence-corrected chi connectivity index (χ3v) is 13.3. The molecule has 2 N–H and O–H groups in total. The summed E-state index contributed by atoms with van der Waals surface area (Å²) in [6.45, 7) is 22.6. The predicted octanol–water partition coefficient (Wildman–Crippen LogP) is 8.20. The fourth-order valence-corrected chi connectivity index (χ4v) is 6.82.